The van der Waals surface area contributed by atoms with Gasteiger partial charge in [-0.25, -0.2) is 15.0 Å². The number of amides is 1. The molecule has 0 bridgehead atoms. The lowest BCUT2D eigenvalue weighted by atomic mass is 10.2. The molecule has 0 aliphatic heterocycles. The van der Waals surface area contributed by atoms with Crippen molar-refractivity contribution in [2.45, 2.75) is 17.8 Å². The first-order valence-electron chi connectivity index (χ1n) is 8.46. The average molecular weight is 427 g/mol. The van der Waals surface area contributed by atoms with Gasteiger partial charge in [0.2, 0.25) is 0 Å². The number of aromatic nitrogens is 3. The lowest BCUT2D eigenvalue weighted by molar-refractivity contribution is 0.102. The first-order valence-corrected chi connectivity index (χ1v) is 10.6. The molecule has 4 rings (SSSR count). The fraction of sp³-hybridized carbons (Fsp3) is 0.100. The highest BCUT2D eigenvalue weighted by molar-refractivity contribution is 7.98. The summed E-state index contributed by atoms with van der Waals surface area (Å²) in [6.45, 7) is 2.02. The van der Waals surface area contributed by atoms with Crippen LogP contribution in [-0.4, -0.2) is 20.9 Å². The van der Waals surface area contributed by atoms with E-state index in [0.717, 1.165) is 21.3 Å². The van der Waals surface area contributed by atoms with Crippen molar-refractivity contribution >= 4 is 56.0 Å². The Bertz CT molecular complexity index is 1150. The Morgan fingerprint density at radius 2 is 2.00 bits per heavy atom. The number of nitrogens with zero attached hydrogens (tertiary/aromatic N) is 3. The summed E-state index contributed by atoms with van der Waals surface area (Å²) in [5.41, 5.74) is 3.29. The fourth-order valence-electron chi connectivity index (χ4n) is 2.54. The van der Waals surface area contributed by atoms with Crippen molar-refractivity contribution in [3.05, 3.63) is 76.6 Å². The SMILES string of the molecule is Cc1ccc2nc(NC(=O)c3nc(SCc4ccccc4)ncc3Cl)sc2c1. The van der Waals surface area contributed by atoms with Crippen molar-refractivity contribution in [1.82, 2.24) is 15.0 Å². The number of aryl methyl sites for hydroxylation is 1. The molecule has 1 amide bonds. The van der Waals surface area contributed by atoms with Crippen LogP contribution < -0.4 is 5.32 Å². The van der Waals surface area contributed by atoms with Crippen LogP contribution in [0.15, 0.2) is 59.9 Å². The second kappa shape index (κ2) is 8.26. The minimum Gasteiger partial charge on any atom is -0.296 e. The summed E-state index contributed by atoms with van der Waals surface area (Å²) in [5, 5.41) is 4.01. The van der Waals surface area contributed by atoms with E-state index in [1.54, 1.807) is 0 Å². The normalized spacial score (nSPS) is 10.9. The number of carbonyl (C=O) groups excluding carboxylic acids is 1. The average Bonchev–Trinajstić information content (AvgIpc) is 3.09. The van der Waals surface area contributed by atoms with Crippen molar-refractivity contribution in [2.75, 3.05) is 5.32 Å². The maximum Gasteiger partial charge on any atom is 0.277 e. The molecule has 140 valence electrons. The Hall–Kier alpha value is -2.48. The quantitative estimate of drug-likeness (QED) is 0.332. The monoisotopic (exact) mass is 426 g/mol. The van der Waals surface area contributed by atoms with Crippen molar-refractivity contribution in [3.8, 4) is 0 Å². The fourth-order valence-corrected chi connectivity index (χ4v) is 4.45. The molecule has 0 aliphatic carbocycles. The number of anilines is 1. The van der Waals surface area contributed by atoms with Crippen LogP contribution >= 0.6 is 34.7 Å². The molecular formula is C20H15ClN4OS2. The zero-order valence-corrected chi connectivity index (χ0v) is 17.2. The maximum absolute atomic E-state index is 12.7. The molecule has 2 heterocycles. The number of hydrogen-bond donors (Lipinski definition) is 1. The van der Waals surface area contributed by atoms with Gasteiger partial charge in [-0.3, -0.25) is 10.1 Å². The Balaban J connectivity index is 1.51. The molecule has 2 aromatic heterocycles. The zero-order valence-electron chi connectivity index (χ0n) is 14.8. The smallest absolute Gasteiger partial charge is 0.277 e. The van der Waals surface area contributed by atoms with Crippen LogP contribution in [0.25, 0.3) is 10.2 Å². The molecule has 0 saturated heterocycles. The van der Waals surface area contributed by atoms with Gasteiger partial charge < -0.3 is 0 Å². The van der Waals surface area contributed by atoms with Crippen LogP contribution in [0.2, 0.25) is 5.02 Å². The van der Waals surface area contributed by atoms with E-state index in [4.69, 9.17) is 11.6 Å². The van der Waals surface area contributed by atoms with E-state index in [-0.39, 0.29) is 10.7 Å². The van der Waals surface area contributed by atoms with Gasteiger partial charge >= 0.3 is 0 Å². The molecule has 8 heteroatoms. The van der Waals surface area contributed by atoms with E-state index in [1.165, 1.54) is 29.3 Å². The van der Waals surface area contributed by atoms with E-state index in [9.17, 15) is 4.79 Å². The highest BCUT2D eigenvalue weighted by Crippen LogP contribution is 2.28. The van der Waals surface area contributed by atoms with Crippen LogP contribution in [0.5, 0.6) is 0 Å². The molecule has 0 radical (unpaired) electrons. The molecule has 1 N–H and O–H groups in total. The van der Waals surface area contributed by atoms with Crippen LogP contribution in [0.4, 0.5) is 5.13 Å². The Morgan fingerprint density at radius 1 is 1.18 bits per heavy atom. The third-order valence-corrected chi connectivity index (χ3v) is 6.06. The standard InChI is InChI=1S/C20H15ClN4OS2/c1-12-7-8-15-16(9-12)28-20(23-15)25-18(26)17-14(21)10-22-19(24-17)27-11-13-5-3-2-4-6-13/h2-10H,11H2,1H3,(H,23,25,26). The Morgan fingerprint density at radius 3 is 2.82 bits per heavy atom. The molecule has 0 fully saturated rings. The molecule has 5 nitrogen and oxygen atoms in total. The number of fused-ring (bicyclic) bond motifs is 1. The molecule has 0 atom stereocenters. The van der Waals surface area contributed by atoms with Gasteiger partial charge in [0.15, 0.2) is 16.0 Å². The number of thioether (sulfide) groups is 1. The Labute approximate surface area is 175 Å². The van der Waals surface area contributed by atoms with Crippen LogP contribution in [0.3, 0.4) is 0 Å². The molecule has 0 spiro atoms. The second-order valence-electron chi connectivity index (χ2n) is 6.07. The van der Waals surface area contributed by atoms with Crippen LogP contribution in [0, 0.1) is 6.92 Å². The molecule has 0 unspecified atom stereocenters. The van der Waals surface area contributed by atoms with E-state index >= 15 is 0 Å². The van der Waals surface area contributed by atoms with Gasteiger partial charge in [-0.05, 0) is 30.2 Å². The summed E-state index contributed by atoms with van der Waals surface area (Å²) in [6, 6.07) is 16.0. The zero-order chi connectivity index (χ0) is 19.5. The maximum atomic E-state index is 12.7. The minimum absolute atomic E-state index is 0.141. The van der Waals surface area contributed by atoms with Crippen LogP contribution in [-0.2, 0) is 5.75 Å². The largest absolute Gasteiger partial charge is 0.296 e. The number of rotatable bonds is 5. The van der Waals surface area contributed by atoms with E-state index in [0.29, 0.717) is 16.0 Å². The molecular weight excluding hydrogens is 412 g/mol. The molecule has 28 heavy (non-hydrogen) atoms. The van der Waals surface area contributed by atoms with Gasteiger partial charge in [0.1, 0.15) is 0 Å². The second-order valence-corrected chi connectivity index (χ2v) is 8.45. The lowest BCUT2D eigenvalue weighted by Gasteiger charge is -2.05. The summed E-state index contributed by atoms with van der Waals surface area (Å²) in [7, 11) is 0. The van der Waals surface area contributed by atoms with E-state index < -0.39 is 5.91 Å². The molecule has 2 aromatic carbocycles. The third kappa shape index (κ3) is 4.32. The van der Waals surface area contributed by atoms with Crippen molar-refractivity contribution in [2.24, 2.45) is 0 Å². The van der Waals surface area contributed by atoms with Gasteiger partial charge in [-0.2, -0.15) is 0 Å². The van der Waals surface area contributed by atoms with Crippen molar-refractivity contribution in [1.29, 1.82) is 0 Å². The van der Waals surface area contributed by atoms with Crippen molar-refractivity contribution < 1.29 is 4.79 Å². The third-order valence-electron chi connectivity index (χ3n) is 3.91. The molecule has 0 saturated carbocycles. The van der Waals surface area contributed by atoms with Crippen LogP contribution in [0.1, 0.15) is 21.6 Å². The van der Waals surface area contributed by atoms with E-state index in [1.807, 2.05) is 55.5 Å². The lowest BCUT2D eigenvalue weighted by Crippen LogP contribution is -2.15. The summed E-state index contributed by atoms with van der Waals surface area (Å²) in [5.74, 6) is 0.311. The summed E-state index contributed by atoms with van der Waals surface area (Å²) in [6.07, 6.45) is 1.46. The molecule has 4 aromatic rings. The van der Waals surface area contributed by atoms with Gasteiger partial charge in [0.25, 0.3) is 5.91 Å². The van der Waals surface area contributed by atoms with E-state index in [2.05, 4.69) is 20.3 Å². The number of nitrogens with one attached hydrogen (secondary N) is 1. The van der Waals surface area contributed by atoms with Crippen molar-refractivity contribution in [3.63, 3.8) is 0 Å². The highest BCUT2D eigenvalue weighted by Gasteiger charge is 2.16. The van der Waals surface area contributed by atoms with Gasteiger partial charge in [-0.15, -0.1) is 0 Å². The number of benzene rings is 2. The number of halogens is 1. The Kier molecular flexibility index (Phi) is 5.57. The van der Waals surface area contributed by atoms with Gasteiger partial charge in [-0.1, -0.05) is 71.1 Å². The molecule has 0 aliphatic rings. The predicted molar refractivity (Wildman–Crippen MR) is 115 cm³/mol. The highest BCUT2D eigenvalue weighted by atomic mass is 35.5. The summed E-state index contributed by atoms with van der Waals surface area (Å²) in [4.78, 5) is 25.7. The number of hydrogen-bond acceptors (Lipinski definition) is 6. The first kappa shape index (κ1) is 18.9. The summed E-state index contributed by atoms with van der Waals surface area (Å²) < 4.78 is 1.02. The minimum atomic E-state index is -0.398. The van der Waals surface area contributed by atoms with Gasteiger partial charge in [0.05, 0.1) is 21.4 Å². The summed E-state index contributed by atoms with van der Waals surface area (Å²) >= 11 is 9.03. The number of thiazole rings is 1. The number of carbonyl (C=O) groups is 1. The topological polar surface area (TPSA) is 67.8 Å². The first-order chi connectivity index (χ1) is 13.6. The predicted octanol–water partition coefficient (Wildman–Crippen LogP) is 5.59. The van der Waals surface area contributed by atoms with Gasteiger partial charge in [0, 0.05) is 5.75 Å².